The number of hydrogen-bond donors (Lipinski definition) is 2. The Hall–Kier alpha value is -0.810. The Morgan fingerprint density at radius 3 is 2.94 bits per heavy atom. The van der Waals surface area contributed by atoms with Gasteiger partial charge >= 0.3 is 0 Å². The van der Waals surface area contributed by atoms with Crippen molar-refractivity contribution in [2.45, 2.75) is 18.8 Å². The predicted octanol–water partition coefficient (Wildman–Crippen LogP) is 2.77. The first-order chi connectivity index (χ1) is 8.15. The third-order valence-corrected chi connectivity index (χ3v) is 3.92. The zero-order valence-electron chi connectivity index (χ0n) is 9.59. The molecule has 94 valence electrons. The summed E-state index contributed by atoms with van der Waals surface area (Å²) < 4.78 is 19.3. The van der Waals surface area contributed by atoms with E-state index in [1.54, 1.807) is 0 Å². The number of methoxy groups -OCH3 is 1. The first-order valence-electron chi connectivity index (χ1n) is 5.60. The number of nitrogens with one attached hydrogen (secondary N) is 1. The summed E-state index contributed by atoms with van der Waals surface area (Å²) in [5, 5.41) is 13.1. The van der Waals surface area contributed by atoms with Gasteiger partial charge in [0, 0.05) is 24.1 Å². The lowest BCUT2D eigenvalue weighted by Gasteiger charge is -2.25. The summed E-state index contributed by atoms with van der Waals surface area (Å²) in [6.07, 6.45) is 1.94. The third kappa shape index (κ3) is 2.40. The van der Waals surface area contributed by atoms with Crippen molar-refractivity contribution >= 4 is 15.9 Å². The lowest BCUT2D eigenvalue weighted by molar-refractivity contribution is 0.364. The van der Waals surface area contributed by atoms with Gasteiger partial charge in [-0.05, 0) is 35.3 Å². The van der Waals surface area contributed by atoms with E-state index in [1.165, 1.54) is 13.2 Å². The molecule has 0 saturated carbocycles. The van der Waals surface area contributed by atoms with Crippen LogP contribution in [0.25, 0.3) is 0 Å². The molecule has 1 aromatic carbocycles. The van der Waals surface area contributed by atoms with Gasteiger partial charge < -0.3 is 15.2 Å². The summed E-state index contributed by atoms with van der Waals surface area (Å²) >= 11 is 3.26. The first kappa shape index (κ1) is 12.6. The Morgan fingerprint density at radius 2 is 2.35 bits per heavy atom. The molecule has 0 spiro atoms. The van der Waals surface area contributed by atoms with E-state index in [-0.39, 0.29) is 23.2 Å². The predicted molar refractivity (Wildman–Crippen MR) is 67.2 cm³/mol. The highest BCUT2D eigenvalue weighted by molar-refractivity contribution is 9.10. The van der Waals surface area contributed by atoms with Gasteiger partial charge in [-0.15, -0.1) is 0 Å². The molecule has 2 N–H and O–H groups in total. The number of hydrogen-bond acceptors (Lipinski definition) is 3. The molecule has 1 heterocycles. The van der Waals surface area contributed by atoms with Gasteiger partial charge in [0.05, 0.1) is 11.6 Å². The molecule has 0 aliphatic carbocycles. The van der Waals surface area contributed by atoms with E-state index < -0.39 is 0 Å². The van der Waals surface area contributed by atoms with Crippen molar-refractivity contribution < 1.29 is 14.2 Å². The first-order valence-corrected chi connectivity index (χ1v) is 6.40. The van der Waals surface area contributed by atoms with Gasteiger partial charge in [-0.1, -0.05) is 0 Å². The summed E-state index contributed by atoms with van der Waals surface area (Å²) in [4.78, 5) is 0. The molecular formula is C12H15BrFNO2. The van der Waals surface area contributed by atoms with Crippen LogP contribution in [-0.2, 0) is 0 Å². The standard InChI is InChI=1S/C12H15BrFNO2/c1-17-9-5-8(14)10(11(13)12(9)16)7-3-2-4-15-6-7/h5,7,15-16H,2-4,6H2,1H3. The molecule has 1 fully saturated rings. The second kappa shape index (κ2) is 5.23. The molecule has 1 aliphatic heterocycles. The Morgan fingerprint density at radius 1 is 1.59 bits per heavy atom. The van der Waals surface area contributed by atoms with Gasteiger partial charge in [-0.2, -0.15) is 0 Å². The maximum atomic E-state index is 14.0. The van der Waals surface area contributed by atoms with Crippen molar-refractivity contribution in [1.29, 1.82) is 0 Å². The van der Waals surface area contributed by atoms with E-state index in [0.29, 0.717) is 10.0 Å². The molecule has 0 bridgehead atoms. The van der Waals surface area contributed by atoms with Crippen LogP contribution in [0.15, 0.2) is 10.5 Å². The lowest BCUT2D eigenvalue weighted by atomic mass is 9.91. The Balaban J connectivity index is 2.42. The summed E-state index contributed by atoms with van der Waals surface area (Å²) in [7, 11) is 1.41. The SMILES string of the molecule is COc1cc(F)c(C2CCCNC2)c(Br)c1O. The highest BCUT2D eigenvalue weighted by Crippen LogP contribution is 2.42. The van der Waals surface area contributed by atoms with Gasteiger partial charge in [0.15, 0.2) is 11.5 Å². The molecule has 1 aliphatic rings. The summed E-state index contributed by atoms with van der Waals surface area (Å²) in [6.45, 7) is 1.71. The van der Waals surface area contributed by atoms with E-state index in [9.17, 15) is 9.50 Å². The van der Waals surface area contributed by atoms with Gasteiger partial charge in [-0.25, -0.2) is 4.39 Å². The number of phenolic OH excluding ortho intramolecular Hbond substituents is 1. The third-order valence-electron chi connectivity index (χ3n) is 3.12. The van der Waals surface area contributed by atoms with Crippen LogP contribution in [0, 0.1) is 5.82 Å². The molecule has 0 amide bonds. The topological polar surface area (TPSA) is 41.5 Å². The van der Waals surface area contributed by atoms with Crippen LogP contribution >= 0.6 is 15.9 Å². The van der Waals surface area contributed by atoms with Crippen molar-refractivity contribution in [2.75, 3.05) is 20.2 Å². The Bertz CT molecular complexity index is 419. The van der Waals surface area contributed by atoms with Crippen molar-refractivity contribution in [3.05, 3.63) is 21.9 Å². The monoisotopic (exact) mass is 303 g/mol. The average Bonchev–Trinajstić information content (AvgIpc) is 2.35. The van der Waals surface area contributed by atoms with E-state index in [2.05, 4.69) is 21.2 Å². The average molecular weight is 304 g/mol. The second-order valence-corrected chi connectivity index (χ2v) is 4.97. The number of phenols is 1. The van der Waals surface area contributed by atoms with Crippen molar-refractivity contribution in [2.24, 2.45) is 0 Å². The van der Waals surface area contributed by atoms with Gasteiger partial charge in [-0.3, -0.25) is 0 Å². The second-order valence-electron chi connectivity index (χ2n) is 4.18. The largest absolute Gasteiger partial charge is 0.503 e. The minimum Gasteiger partial charge on any atom is -0.503 e. The Labute approximate surface area is 108 Å². The van der Waals surface area contributed by atoms with Gasteiger partial charge in [0.25, 0.3) is 0 Å². The number of rotatable bonds is 2. The van der Waals surface area contributed by atoms with E-state index in [1.807, 2.05) is 0 Å². The van der Waals surface area contributed by atoms with E-state index in [0.717, 1.165) is 25.9 Å². The minimum absolute atomic E-state index is 0.0329. The summed E-state index contributed by atoms with van der Waals surface area (Å²) in [5.74, 6) is -0.119. The van der Waals surface area contributed by atoms with Crippen molar-refractivity contribution in [1.82, 2.24) is 5.32 Å². The van der Waals surface area contributed by atoms with Crippen LogP contribution in [0.2, 0.25) is 0 Å². The van der Waals surface area contributed by atoms with Crippen LogP contribution in [0.5, 0.6) is 11.5 Å². The quantitative estimate of drug-likeness (QED) is 0.883. The Kier molecular flexibility index (Phi) is 3.89. The maximum Gasteiger partial charge on any atom is 0.172 e. The fraction of sp³-hybridized carbons (Fsp3) is 0.500. The summed E-state index contributed by atoms with van der Waals surface area (Å²) in [6, 6.07) is 1.24. The molecule has 1 unspecified atom stereocenters. The van der Waals surface area contributed by atoms with Crippen molar-refractivity contribution in [3.8, 4) is 11.5 Å². The van der Waals surface area contributed by atoms with E-state index in [4.69, 9.17) is 4.74 Å². The van der Waals surface area contributed by atoms with Gasteiger partial charge in [0.2, 0.25) is 0 Å². The molecule has 0 aromatic heterocycles. The molecule has 0 radical (unpaired) electrons. The smallest absolute Gasteiger partial charge is 0.172 e. The number of ether oxygens (including phenoxy) is 1. The fourth-order valence-corrected chi connectivity index (χ4v) is 2.94. The molecule has 1 atom stereocenters. The van der Waals surface area contributed by atoms with Crippen LogP contribution in [0.1, 0.15) is 24.3 Å². The molecule has 1 aromatic rings. The highest BCUT2D eigenvalue weighted by Gasteiger charge is 2.25. The van der Waals surface area contributed by atoms with E-state index >= 15 is 0 Å². The highest BCUT2D eigenvalue weighted by atomic mass is 79.9. The molecular weight excluding hydrogens is 289 g/mol. The number of piperidine rings is 1. The normalized spacial score (nSPS) is 20.3. The molecule has 2 rings (SSSR count). The zero-order valence-corrected chi connectivity index (χ0v) is 11.2. The fourth-order valence-electron chi connectivity index (χ4n) is 2.23. The molecule has 1 saturated heterocycles. The molecule has 17 heavy (non-hydrogen) atoms. The maximum absolute atomic E-state index is 14.0. The van der Waals surface area contributed by atoms with Crippen LogP contribution in [-0.4, -0.2) is 25.3 Å². The van der Waals surface area contributed by atoms with Gasteiger partial charge in [0.1, 0.15) is 5.82 Å². The minimum atomic E-state index is -0.333. The zero-order chi connectivity index (χ0) is 12.4. The van der Waals surface area contributed by atoms with Crippen LogP contribution in [0.3, 0.4) is 0 Å². The summed E-state index contributed by atoms with van der Waals surface area (Å²) in [5.41, 5.74) is 0.538. The van der Waals surface area contributed by atoms with Crippen LogP contribution in [0.4, 0.5) is 4.39 Å². The molecule has 3 nitrogen and oxygen atoms in total. The number of halogens is 2. The van der Waals surface area contributed by atoms with Crippen LogP contribution < -0.4 is 10.1 Å². The number of aromatic hydroxyl groups is 1. The van der Waals surface area contributed by atoms with Crippen molar-refractivity contribution in [3.63, 3.8) is 0 Å². The molecule has 5 heteroatoms. The lowest BCUT2D eigenvalue weighted by Crippen LogP contribution is -2.29. The number of benzene rings is 1.